The topological polar surface area (TPSA) is 87.7 Å². The standard InChI is InChI=1S/C29H45N3O4/c1-10-12-19-30-26(33)25(24-16-14-13-15-23(24)11-2)32(21(5)18-17-20(3)4)27(34)22(6)31-28(35)36-29(7,8)9/h2,13-16,20-22,25H,10,12,17-19H2,1,3-9H3,(H,30,33)(H,31,35). The van der Waals surface area contributed by atoms with E-state index in [0.717, 1.165) is 19.3 Å². The number of amides is 3. The zero-order valence-electron chi connectivity index (χ0n) is 23.3. The number of unbranched alkanes of at least 4 members (excludes halogenated alkanes) is 1. The molecule has 0 radical (unpaired) electrons. The first-order valence-electron chi connectivity index (χ1n) is 13.0. The quantitative estimate of drug-likeness (QED) is 0.306. The van der Waals surface area contributed by atoms with Crippen molar-refractivity contribution in [2.75, 3.05) is 6.54 Å². The van der Waals surface area contributed by atoms with Gasteiger partial charge in [-0.05, 0) is 71.4 Å². The largest absolute Gasteiger partial charge is 0.444 e. The van der Waals surface area contributed by atoms with Crippen LogP contribution in [0.25, 0.3) is 0 Å². The molecule has 0 bridgehead atoms. The highest BCUT2D eigenvalue weighted by atomic mass is 16.6. The molecule has 3 atom stereocenters. The van der Waals surface area contributed by atoms with Gasteiger partial charge in [0.1, 0.15) is 17.7 Å². The van der Waals surface area contributed by atoms with Crippen molar-refractivity contribution in [1.82, 2.24) is 15.5 Å². The molecular weight excluding hydrogens is 454 g/mol. The van der Waals surface area contributed by atoms with E-state index in [1.165, 1.54) is 0 Å². The maximum absolute atomic E-state index is 13.9. The molecule has 0 spiro atoms. The number of hydrogen-bond donors (Lipinski definition) is 2. The van der Waals surface area contributed by atoms with E-state index in [1.54, 1.807) is 44.7 Å². The van der Waals surface area contributed by atoms with Gasteiger partial charge in [-0.2, -0.15) is 0 Å². The fourth-order valence-electron chi connectivity index (χ4n) is 3.85. The second-order valence-corrected chi connectivity index (χ2v) is 10.7. The zero-order chi connectivity index (χ0) is 27.5. The summed E-state index contributed by atoms with van der Waals surface area (Å²) in [5, 5.41) is 5.62. The van der Waals surface area contributed by atoms with E-state index >= 15 is 0 Å². The third-order valence-electron chi connectivity index (χ3n) is 5.76. The Kier molecular flexibility index (Phi) is 12.5. The Morgan fingerprint density at radius 3 is 2.28 bits per heavy atom. The molecule has 0 aromatic heterocycles. The van der Waals surface area contributed by atoms with Gasteiger partial charge < -0.3 is 20.3 Å². The molecule has 0 aliphatic carbocycles. The highest BCUT2D eigenvalue weighted by Crippen LogP contribution is 2.29. The molecule has 7 heteroatoms. The lowest BCUT2D eigenvalue weighted by molar-refractivity contribution is -0.144. The number of carbonyl (C=O) groups is 3. The van der Waals surface area contributed by atoms with Crippen molar-refractivity contribution in [1.29, 1.82) is 0 Å². The van der Waals surface area contributed by atoms with Crippen molar-refractivity contribution in [3.8, 4) is 12.3 Å². The van der Waals surface area contributed by atoms with Gasteiger partial charge in [0.05, 0.1) is 0 Å². The van der Waals surface area contributed by atoms with Crippen LogP contribution in [0.5, 0.6) is 0 Å². The highest BCUT2D eigenvalue weighted by molar-refractivity contribution is 5.92. The molecule has 0 aliphatic rings. The van der Waals surface area contributed by atoms with Gasteiger partial charge in [0.15, 0.2) is 0 Å². The van der Waals surface area contributed by atoms with Crippen LogP contribution in [0.4, 0.5) is 4.79 Å². The van der Waals surface area contributed by atoms with Gasteiger partial charge in [-0.15, -0.1) is 6.42 Å². The molecule has 36 heavy (non-hydrogen) atoms. The van der Waals surface area contributed by atoms with Crippen molar-refractivity contribution in [3.05, 3.63) is 35.4 Å². The minimum absolute atomic E-state index is 0.282. The summed E-state index contributed by atoms with van der Waals surface area (Å²) in [5.41, 5.74) is 0.433. The van der Waals surface area contributed by atoms with E-state index in [0.29, 0.717) is 30.0 Å². The fraction of sp³-hybridized carbons (Fsp3) is 0.621. The lowest BCUT2D eigenvalue weighted by Crippen LogP contribution is -2.54. The molecule has 0 heterocycles. The maximum Gasteiger partial charge on any atom is 0.408 e. The summed E-state index contributed by atoms with van der Waals surface area (Å²) in [5.74, 6) is 2.42. The van der Waals surface area contributed by atoms with Crippen LogP contribution in [0.15, 0.2) is 24.3 Å². The van der Waals surface area contributed by atoms with Crippen molar-refractivity contribution < 1.29 is 19.1 Å². The second-order valence-electron chi connectivity index (χ2n) is 10.7. The summed E-state index contributed by atoms with van der Waals surface area (Å²) in [4.78, 5) is 41.5. The number of ether oxygens (including phenoxy) is 1. The van der Waals surface area contributed by atoms with Crippen LogP contribution in [0.2, 0.25) is 0 Å². The fourth-order valence-corrected chi connectivity index (χ4v) is 3.85. The Morgan fingerprint density at radius 2 is 1.72 bits per heavy atom. The monoisotopic (exact) mass is 499 g/mol. The van der Waals surface area contributed by atoms with Crippen molar-refractivity contribution in [3.63, 3.8) is 0 Å². The number of benzene rings is 1. The van der Waals surface area contributed by atoms with E-state index in [2.05, 4.69) is 30.4 Å². The van der Waals surface area contributed by atoms with Gasteiger partial charge in [0, 0.05) is 18.2 Å². The number of alkyl carbamates (subject to hydrolysis) is 1. The molecule has 200 valence electrons. The number of terminal acetylenes is 1. The number of carbonyl (C=O) groups excluding carboxylic acids is 3. The van der Waals surface area contributed by atoms with Gasteiger partial charge in [0.25, 0.3) is 0 Å². The minimum atomic E-state index is -0.938. The van der Waals surface area contributed by atoms with Gasteiger partial charge >= 0.3 is 6.09 Å². The van der Waals surface area contributed by atoms with Gasteiger partial charge in [-0.1, -0.05) is 51.3 Å². The Morgan fingerprint density at radius 1 is 1.08 bits per heavy atom. The molecule has 7 nitrogen and oxygen atoms in total. The number of nitrogens with zero attached hydrogens (tertiary/aromatic N) is 1. The van der Waals surface area contributed by atoms with Crippen LogP contribution in [0, 0.1) is 18.3 Å². The van der Waals surface area contributed by atoms with Gasteiger partial charge in [-0.3, -0.25) is 9.59 Å². The van der Waals surface area contributed by atoms with Crippen LogP contribution in [-0.4, -0.2) is 47.0 Å². The van der Waals surface area contributed by atoms with Crippen molar-refractivity contribution in [2.45, 2.75) is 105 Å². The second kappa shape index (κ2) is 14.5. The first-order chi connectivity index (χ1) is 16.8. The molecule has 1 aromatic rings. The highest BCUT2D eigenvalue weighted by Gasteiger charge is 2.38. The lowest BCUT2D eigenvalue weighted by Gasteiger charge is -2.38. The third-order valence-corrected chi connectivity index (χ3v) is 5.76. The van der Waals surface area contributed by atoms with Crippen molar-refractivity contribution in [2.24, 2.45) is 5.92 Å². The molecule has 3 amide bonds. The maximum atomic E-state index is 13.9. The molecule has 0 aliphatic heterocycles. The predicted molar refractivity (Wildman–Crippen MR) is 144 cm³/mol. The normalized spacial score (nSPS) is 13.8. The van der Waals surface area contributed by atoms with E-state index < -0.39 is 23.8 Å². The summed E-state index contributed by atoms with van der Waals surface area (Å²) in [6.45, 7) is 15.6. The van der Waals surface area contributed by atoms with Crippen LogP contribution < -0.4 is 10.6 Å². The number of rotatable bonds is 12. The Balaban J connectivity index is 3.49. The molecule has 1 aromatic carbocycles. The van der Waals surface area contributed by atoms with Gasteiger partial charge in [-0.25, -0.2) is 4.79 Å². The predicted octanol–water partition coefficient (Wildman–Crippen LogP) is 5.19. The summed E-state index contributed by atoms with van der Waals surface area (Å²) in [7, 11) is 0. The van der Waals surface area contributed by atoms with Crippen LogP contribution >= 0.6 is 0 Å². The van der Waals surface area contributed by atoms with Crippen molar-refractivity contribution >= 4 is 17.9 Å². The van der Waals surface area contributed by atoms with E-state index in [1.807, 2.05) is 26.0 Å². The molecule has 0 fully saturated rings. The van der Waals surface area contributed by atoms with E-state index in [-0.39, 0.29) is 17.9 Å². The van der Waals surface area contributed by atoms with Crippen LogP contribution in [0.1, 0.15) is 98.2 Å². The van der Waals surface area contributed by atoms with Crippen LogP contribution in [0.3, 0.4) is 0 Å². The first kappa shape index (κ1) is 31.0. The van der Waals surface area contributed by atoms with E-state index in [9.17, 15) is 14.4 Å². The Hall–Kier alpha value is -3.01. The Labute approximate surface area is 217 Å². The first-order valence-corrected chi connectivity index (χ1v) is 13.0. The average Bonchev–Trinajstić information content (AvgIpc) is 2.79. The Bertz CT molecular complexity index is 914. The third kappa shape index (κ3) is 9.93. The summed E-state index contributed by atoms with van der Waals surface area (Å²) >= 11 is 0. The summed E-state index contributed by atoms with van der Waals surface area (Å²) in [6, 6.07) is 5.05. The average molecular weight is 500 g/mol. The summed E-state index contributed by atoms with van der Waals surface area (Å²) < 4.78 is 5.35. The lowest BCUT2D eigenvalue weighted by atomic mass is 9.94. The van der Waals surface area contributed by atoms with Gasteiger partial charge in [0.2, 0.25) is 11.8 Å². The minimum Gasteiger partial charge on any atom is -0.444 e. The molecule has 1 rings (SSSR count). The smallest absolute Gasteiger partial charge is 0.408 e. The molecule has 3 unspecified atom stereocenters. The number of nitrogens with one attached hydrogen (secondary N) is 2. The molecule has 0 saturated heterocycles. The molecule has 0 saturated carbocycles. The van der Waals surface area contributed by atoms with E-state index in [4.69, 9.17) is 11.2 Å². The molecule has 2 N–H and O–H groups in total. The molecular formula is C29H45N3O4. The number of hydrogen-bond acceptors (Lipinski definition) is 4. The summed E-state index contributed by atoms with van der Waals surface area (Å²) in [6.07, 6.45) is 8.42. The SMILES string of the molecule is C#Cc1ccccc1C(C(=O)NCCCC)N(C(=O)C(C)NC(=O)OC(C)(C)C)C(C)CCC(C)C. The zero-order valence-corrected chi connectivity index (χ0v) is 23.3. The van der Waals surface area contributed by atoms with Crippen LogP contribution in [-0.2, 0) is 14.3 Å².